The summed E-state index contributed by atoms with van der Waals surface area (Å²) in [4.78, 5) is 23.3. The average Bonchev–Trinajstić information content (AvgIpc) is 3.08. The zero-order valence-electron chi connectivity index (χ0n) is 20.4. The normalized spacial score (nSPS) is 47.8. The van der Waals surface area contributed by atoms with Crippen LogP contribution < -0.4 is 0 Å². The highest BCUT2D eigenvalue weighted by Crippen LogP contribution is 2.68. The molecule has 0 spiro atoms. The van der Waals surface area contributed by atoms with Crippen molar-refractivity contribution in [3.05, 3.63) is 0 Å². The number of aliphatic carboxylic acids is 1. The maximum Gasteiger partial charge on any atom is 0.306 e. The Morgan fingerprint density at radius 2 is 1.81 bits per heavy atom. The number of hydrogen-bond donors (Lipinski definition) is 3. The van der Waals surface area contributed by atoms with Crippen molar-refractivity contribution in [1.29, 1.82) is 0 Å². The molecule has 0 amide bonds. The molecule has 4 aliphatic carbocycles. The summed E-state index contributed by atoms with van der Waals surface area (Å²) in [6.07, 6.45) is 7.65. The van der Waals surface area contributed by atoms with Crippen molar-refractivity contribution < 1.29 is 24.9 Å². The highest BCUT2D eigenvalue weighted by atomic mass is 16.4. The molecular weight excluding hydrogens is 404 g/mol. The fourth-order valence-corrected chi connectivity index (χ4v) is 9.02. The van der Waals surface area contributed by atoms with Gasteiger partial charge in [-0.1, -0.05) is 40.5 Å². The molecule has 4 aliphatic rings. The maximum absolute atomic E-state index is 12.1. The van der Waals surface area contributed by atoms with Crippen LogP contribution in [0.2, 0.25) is 0 Å². The van der Waals surface area contributed by atoms with Gasteiger partial charge in [-0.2, -0.15) is 0 Å². The number of Topliss-reactive ketones (excluding diaryl/α,β-unsaturated/α-hetero) is 1. The Balaban J connectivity index is 1.51. The Morgan fingerprint density at radius 3 is 2.50 bits per heavy atom. The van der Waals surface area contributed by atoms with Gasteiger partial charge in [0.15, 0.2) is 0 Å². The standard InChI is InChI=1S/C27H44O5/c1-15(6-5-7-16(2)25(31)32)19-8-9-20-24-21(14-23(30)27(19,20)4)26(3)11-10-18(28)12-17(26)13-22(24)29/h15-17,19-24,29-30H,5-14H2,1-4H3,(H,31,32)/t15-,16?,17+,19-,20+,21+,22-,23+,24+,26+,27-/m1/s1. The number of ketones is 1. The van der Waals surface area contributed by atoms with Crippen LogP contribution in [-0.4, -0.2) is 39.3 Å². The van der Waals surface area contributed by atoms with Gasteiger partial charge in [-0.15, -0.1) is 0 Å². The molecule has 0 bridgehead atoms. The lowest BCUT2D eigenvalue weighted by molar-refractivity contribution is -0.201. The molecule has 0 aromatic carbocycles. The summed E-state index contributed by atoms with van der Waals surface area (Å²) in [6, 6.07) is 0. The van der Waals surface area contributed by atoms with Crippen molar-refractivity contribution in [2.24, 2.45) is 52.3 Å². The van der Waals surface area contributed by atoms with E-state index in [1.807, 2.05) is 0 Å². The number of rotatable bonds is 6. The van der Waals surface area contributed by atoms with Crippen molar-refractivity contribution in [3.63, 3.8) is 0 Å². The summed E-state index contributed by atoms with van der Waals surface area (Å²) in [5.74, 6) is 1.26. The minimum atomic E-state index is -0.721. The monoisotopic (exact) mass is 448 g/mol. The quantitative estimate of drug-likeness (QED) is 0.548. The summed E-state index contributed by atoms with van der Waals surface area (Å²) < 4.78 is 0. The summed E-state index contributed by atoms with van der Waals surface area (Å²) >= 11 is 0. The number of fused-ring (bicyclic) bond motifs is 5. The Kier molecular flexibility index (Phi) is 6.57. The van der Waals surface area contributed by atoms with E-state index in [2.05, 4.69) is 20.8 Å². The smallest absolute Gasteiger partial charge is 0.306 e. The number of aliphatic hydroxyl groups excluding tert-OH is 2. The average molecular weight is 449 g/mol. The van der Waals surface area contributed by atoms with Crippen LogP contribution in [-0.2, 0) is 9.59 Å². The van der Waals surface area contributed by atoms with Gasteiger partial charge < -0.3 is 15.3 Å². The molecule has 4 fully saturated rings. The summed E-state index contributed by atoms with van der Waals surface area (Å²) in [7, 11) is 0. The van der Waals surface area contributed by atoms with Crippen LogP contribution in [0, 0.1) is 52.3 Å². The third kappa shape index (κ3) is 3.76. The van der Waals surface area contributed by atoms with Gasteiger partial charge in [0.2, 0.25) is 0 Å². The third-order valence-electron chi connectivity index (χ3n) is 11.1. The predicted octanol–water partition coefficient (Wildman–Crippen LogP) is 4.68. The first-order valence-electron chi connectivity index (χ1n) is 13.1. The van der Waals surface area contributed by atoms with Gasteiger partial charge >= 0.3 is 5.97 Å². The Labute approximate surface area is 193 Å². The molecule has 1 unspecified atom stereocenters. The van der Waals surface area contributed by atoms with Crippen molar-refractivity contribution >= 4 is 11.8 Å². The van der Waals surface area contributed by atoms with Gasteiger partial charge in [-0.05, 0) is 84.9 Å². The molecule has 0 aliphatic heterocycles. The molecule has 182 valence electrons. The molecule has 0 heterocycles. The number of carboxylic acids is 1. The first-order valence-corrected chi connectivity index (χ1v) is 13.1. The molecule has 5 heteroatoms. The lowest BCUT2D eigenvalue weighted by Gasteiger charge is -2.63. The van der Waals surface area contributed by atoms with Crippen LogP contribution in [0.25, 0.3) is 0 Å². The Morgan fingerprint density at radius 1 is 1.09 bits per heavy atom. The van der Waals surface area contributed by atoms with Gasteiger partial charge in [0.1, 0.15) is 5.78 Å². The summed E-state index contributed by atoms with van der Waals surface area (Å²) in [6.45, 7) is 8.67. The van der Waals surface area contributed by atoms with E-state index < -0.39 is 5.97 Å². The third-order valence-corrected chi connectivity index (χ3v) is 11.1. The SMILES string of the molecule is CC(CCC[C@@H](C)[C@H]1CC[C@H]2[C@@H]3[C@H](O)C[C@@H]4CC(=O)CC[C@]4(C)[C@H]3C[C@H](O)[C@]12C)C(=O)O. The lowest BCUT2D eigenvalue weighted by atomic mass is 9.43. The fourth-order valence-electron chi connectivity index (χ4n) is 9.02. The van der Waals surface area contributed by atoms with Crippen molar-refractivity contribution in [2.45, 2.75) is 104 Å². The van der Waals surface area contributed by atoms with E-state index in [1.54, 1.807) is 6.92 Å². The Hall–Kier alpha value is -0.940. The van der Waals surface area contributed by atoms with Crippen LogP contribution in [0.4, 0.5) is 0 Å². The van der Waals surface area contributed by atoms with Gasteiger partial charge in [0, 0.05) is 12.8 Å². The van der Waals surface area contributed by atoms with E-state index in [9.17, 15) is 19.8 Å². The second-order valence-corrected chi connectivity index (χ2v) is 12.5. The first-order chi connectivity index (χ1) is 15.0. The van der Waals surface area contributed by atoms with Gasteiger partial charge in [0.05, 0.1) is 18.1 Å². The minimum absolute atomic E-state index is 0.0524. The molecule has 0 aromatic heterocycles. The van der Waals surface area contributed by atoms with Crippen LogP contribution >= 0.6 is 0 Å². The van der Waals surface area contributed by atoms with E-state index in [0.717, 1.165) is 44.9 Å². The Bertz CT molecular complexity index is 736. The predicted molar refractivity (Wildman–Crippen MR) is 123 cm³/mol. The van der Waals surface area contributed by atoms with Crippen molar-refractivity contribution in [1.82, 2.24) is 0 Å². The van der Waals surface area contributed by atoms with Gasteiger partial charge in [-0.3, -0.25) is 9.59 Å². The van der Waals surface area contributed by atoms with E-state index in [1.165, 1.54) is 0 Å². The van der Waals surface area contributed by atoms with Gasteiger partial charge in [-0.25, -0.2) is 0 Å². The van der Waals surface area contributed by atoms with E-state index in [4.69, 9.17) is 5.11 Å². The molecule has 32 heavy (non-hydrogen) atoms. The molecule has 4 rings (SSSR count). The second kappa shape index (κ2) is 8.69. The highest BCUT2D eigenvalue weighted by Gasteiger charge is 2.65. The molecule has 5 nitrogen and oxygen atoms in total. The van der Waals surface area contributed by atoms with E-state index in [-0.39, 0.29) is 40.8 Å². The van der Waals surface area contributed by atoms with E-state index >= 15 is 0 Å². The minimum Gasteiger partial charge on any atom is -0.481 e. The number of carbonyl (C=O) groups excluding carboxylic acids is 1. The fraction of sp³-hybridized carbons (Fsp3) is 0.926. The molecule has 0 radical (unpaired) electrons. The number of carboxylic acid groups (broad SMARTS) is 1. The summed E-state index contributed by atoms with van der Waals surface area (Å²) in [5.41, 5.74) is -0.134. The molecular formula is C27H44O5. The zero-order chi connectivity index (χ0) is 23.4. The van der Waals surface area contributed by atoms with Gasteiger partial charge in [0.25, 0.3) is 0 Å². The van der Waals surface area contributed by atoms with Crippen LogP contribution in [0.3, 0.4) is 0 Å². The topological polar surface area (TPSA) is 94.8 Å². The largest absolute Gasteiger partial charge is 0.481 e. The second-order valence-electron chi connectivity index (χ2n) is 12.5. The number of aliphatic hydroxyl groups is 2. The van der Waals surface area contributed by atoms with Crippen LogP contribution in [0.15, 0.2) is 0 Å². The van der Waals surface area contributed by atoms with Crippen LogP contribution in [0.1, 0.15) is 91.9 Å². The number of hydrogen-bond acceptors (Lipinski definition) is 4. The highest BCUT2D eigenvalue weighted by molar-refractivity contribution is 5.79. The maximum atomic E-state index is 12.1. The molecule has 11 atom stereocenters. The summed E-state index contributed by atoms with van der Waals surface area (Å²) in [5, 5.41) is 32.1. The van der Waals surface area contributed by atoms with E-state index in [0.29, 0.717) is 48.7 Å². The molecule has 0 aromatic rings. The lowest BCUT2D eigenvalue weighted by Crippen LogP contribution is -2.62. The molecule has 4 saturated carbocycles. The molecule has 3 N–H and O–H groups in total. The van der Waals surface area contributed by atoms with Crippen molar-refractivity contribution in [2.75, 3.05) is 0 Å². The number of carbonyl (C=O) groups is 2. The molecule has 0 saturated heterocycles. The van der Waals surface area contributed by atoms with Crippen molar-refractivity contribution in [3.8, 4) is 0 Å². The van der Waals surface area contributed by atoms with Crippen LogP contribution in [0.5, 0.6) is 0 Å². The zero-order valence-corrected chi connectivity index (χ0v) is 20.4. The first kappa shape index (κ1) is 24.2.